The molecule has 1 atom stereocenters. The highest BCUT2D eigenvalue weighted by molar-refractivity contribution is 7.91. The van der Waals surface area contributed by atoms with E-state index in [-0.39, 0.29) is 35.6 Å². The Labute approximate surface area is 118 Å². The summed E-state index contributed by atoms with van der Waals surface area (Å²) in [7, 11) is -2.91. The summed E-state index contributed by atoms with van der Waals surface area (Å²) in [6.07, 6.45) is 1.16. The smallest absolute Gasteiger partial charge is 0.220 e. The Morgan fingerprint density at radius 3 is 2.75 bits per heavy atom. The minimum absolute atomic E-state index is 0.0115. The van der Waals surface area contributed by atoms with E-state index in [0.717, 1.165) is 0 Å². The van der Waals surface area contributed by atoms with Gasteiger partial charge in [-0.15, -0.1) is 0 Å². The molecular weight excluding hydrogens is 281 g/mol. The van der Waals surface area contributed by atoms with Crippen molar-refractivity contribution in [3.8, 4) is 0 Å². The Kier molecular flexibility index (Phi) is 4.75. The molecule has 0 aromatic heterocycles. The van der Waals surface area contributed by atoms with E-state index in [1.54, 1.807) is 18.2 Å². The maximum absolute atomic E-state index is 13.4. The normalized spacial score (nSPS) is 20.8. The number of hydrogen-bond acceptors (Lipinski definition) is 3. The monoisotopic (exact) mass is 299 g/mol. The lowest BCUT2D eigenvalue weighted by molar-refractivity contribution is -0.121. The number of carbonyl (C=O) groups is 1. The van der Waals surface area contributed by atoms with Crippen LogP contribution in [0.1, 0.15) is 18.4 Å². The number of sulfone groups is 1. The Hall–Kier alpha value is -1.43. The summed E-state index contributed by atoms with van der Waals surface area (Å²) in [6.45, 7) is 0.384. The maximum atomic E-state index is 13.4. The molecule has 0 spiro atoms. The van der Waals surface area contributed by atoms with Gasteiger partial charge in [-0.3, -0.25) is 4.79 Å². The summed E-state index contributed by atoms with van der Waals surface area (Å²) >= 11 is 0. The Morgan fingerprint density at radius 2 is 2.10 bits per heavy atom. The molecule has 0 saturated carbocycles. The number of carbonyl (C=O) groups excluding carboxylic acids is 1. The van der Waals surface area contributed by atoms with E-state index < -0.39 is 9.84 Å². The fourth-order valence-corrected chi connectivity index (χ4v) is 4.19. The van der Waals surface area contributed by atoms with Crippen molar-refractivity contribution in [1.29, 1.82) is 0 Å². The zero-order valence-electron chi connectivity index (χ0n) is 11.1. The molecule has 20 heavy (non-hydrogen) atoms. The second-order valence-corrected chi connectivity index (χ2v) is 7.39. The molecule has 1 N–H and O–H groups in total. The second-order valence-electron chi connectivity index (χ2n) is 5.16. The van der Waals surface area contributed by atoms with Gasteiger partial charge in [-0.2, -0.15) is 0 Å². The molecule has 1 heterocycles. The van der Waals surface area contributed by atoms with Gasteiger partial charge in [-0.1, -0.05) is 18.2 Å². The average molecular weight is 299 g/mol. The van der Waals surface area contributed by atoms with Gasteiger partial charge in [0, 0.05) is 13.0 Å². The summed E-state index contributed by atoms with van der Waals surface area (Å²) in [5.41, 5.74) is 0.520. The zero-order chi connectivity index (χ0) is 14.6. The van der Waals surface area contributed by atoms with Crippen molar-refractivity contribution in [2.75, 3.05) is 18.1 Å². The number of aryl methyl sites for hydroxylation is 1. The van der Waals surface area contributed by atoms with Crippen LogP contribution in [0.4, 0.5) is 4.39 Å². The van der Waals surface area contributed by atoms with Crippen LogP contribution >= 0.6 is 0 Å². The quantitative estimate of drug-likeness (QED) is 0.891. The molecule has 4 nitrogen and oxygen atoms in total. The van der Waals surface area contributed by atoms with Crippen LogP contribution in [0.5, 0.6) is 0 Å². The van der Waals surface area contributed by atoms with E-state index >= 15 is 0 Å². The molecule has 0 radical (unpaired) electrons. The molecule has 1 unspecified atom stereocenters. The van der Waals surface area contributed by atoms with Gasteiger partial charge in [0.2, 0.25) is 5.91 Å². The van der Waals surface area contributed by atoms with E-state index in [0.29, 0.717) is 24.9 Å². The van der Waals surface area contributed by atoms with Gasteiger partial charge in [-0.05, 0) is 30.4 Å². The van der Waals surface area contributed by atoms with Gasteiger partial charge in [0.1, 0.15) is 5.82 Å². The molecule has 1 aromatic rings. The number of amides is 1. The topological polar surface area (TPSA) is 63.2 Å². The Balaban J connectivity index is 1.73. The minimum Gasteiger partial charge on any atom is -0.356 e. The van der Waals surface area contributed by atoms with Crippen molar-refractivity contribution in [1.82, 2.24) is 5.32 Å². The van der Waals surface area contributed by atoms with Crippen LogP contribution in [0.3, 0.4) is 0 Å². The lowest BCUT2D eigenvalue weighted by Gasteiger charge is -2.09. The largest absolute Gasteiger partial charge is 0.356 e. The van der Waals surface area contributed by atoms with Crippen LogP contribution in [-0.2, 0) is 21.1 Å². The minimum atomic E-state index is -2.91. The highest BCUT2D eigenvalue weighted by atomic mass is 32.2. The van der Waals surface area contributed by atoms with Crippen LogP contribution in [0.15, 0.2) is 24.3 Å². The van der Waals surface area contributed by atoms with Crippen molar-refractivity contribution in [2.45, 2.75) is 19.3 Å². The van der Waals surface area contributed by atoms with Crippen molar-refractivity contribution in [3.63, 3.8) is 0 Å². The summed E-state index contributed by atoms with van der Waals surface area (Å²) in [5, 5.41) is 2.73. The molecular formula is C14H18FNO3S. The average Bonchev–Trinajstić information content (AvgIpc) is 2.75. The van der Waals surface area contributed by atoms with Crippen molar-refractivity contribution in [3.05, 3.63) is 35.6 Å². The lowest BCUT2D eigenvalue weighted by Crippen LogP contribution is -2.30. The van der Waals surface area contributed by atoms with Gasteiger partial charge in [0.25, 0.3) is 0 Å². The van der Waals surface area contributed by atoms with Crippen molar-refractivity contribution in [2.24, 2.45) is 5.92 Å². The first-order valence-corrected chi connectivity index (χ1v) is 8.49. The fourth-order valence-electron chi connectivity index (χ4n) is 2.33. The molecule has 110 valence electrons. The first-order valence-electron chi connectivity index (χ1n) is 6.67. The molecule has 1 aliphatic heterocycles. The first kappa shape index (κ1) is 15.0. The summed E-state index contributed by atoms with van der Waals surface area (Å²) in [6, 6.07) is 6.38. The fraction of sp³-hybridized carbons (Fsp3) is 0.500. The molecule has 0 aliphatic carbocycles. The highest BCUT2D eigenvalue weighted by Crippen LogP contribution is 2.17. The summed E-state index contributed by atoms with van der Waals surface area (Å²) in [5.74, 6) is -0.0965. The molecule has 1 aliphatic rings. The van der Waals surface area contributed by atoms with Crippen LogP contribution in [0.25, 0.3) is 0 Å². The molecule has 6 heteroatoms. The third-order valence-electron chi connectivity index (χ3n) is 3.49. The number of hydrogen-bond donors (Lipinski definition) is 1. The first-order chi connectivity index (χ1) is 9.46. The molecule has 0 bridgehead atoms. The number of nitrogens with one attached hydrogen (secondary N) is 1. The van der Waals surface area contributed by atoms with Gasteiger partial charge in [-0.25, -0.2) is 12.8 Å². The van der Waals surface area contributed by atoms with Crippen molar-refractivity contribution < 1.29 is 17.6 Å². The number of rotatable bonds is 5. The third-order valence-corrected chi connectivity index (χ3v) is 5.33. The summed E-state index contributed by atoms with van der Waals surface area (Å²) in [4.78, 5) is 11.7. The van der Waals surface area contributed by atoms with Crippen LogP contribution in [0, 0.1) is 11.7 Å². The van der Waals surface area contributed by atoms with Gasteiger partial charge in [0.05, 0.1) is 11.5 Å². The van der Waals surface area contributed by atoms with E-state index in [1.807, 2.05) is 0 Å². The van der Waals surface area contributed by atoms with E-state index in [9.17, 15) is 17.6 Å². The van der Waals surface area contributed by atoms with Crippen LogP contribution in [0.2, 0.25) is 0 Å². The standard InChI is InChI=1S/C14H18FNO3S/c15-13-4-2-1-3-12(13)5-6-14(17)16-9-11-7-8-20(18,19)10-11/h1-4,11H,5-10H2,(H,16,17). The molecule has 1 saturated heterocycles. The van der Waals surface area contributed by atoms with Crippen LogP contribution < -0.4 is 5.32 Å². The highest BCUT2D eigenvalue weighted by Gasteiger charge is 2.27. The molecule has 1 amide bonds. The predicted octanol–water partition coefficient (Wildman–Crippen LogP) is 1.31. The number of benzene rings is 1. The lowest BCUT2D eigenvalue weighted by atomic mass is 10.1. The second kappa shape index (κ2) is 6.35. The Bertz CT molecular complexity index is 586. The molecule has 1 fully saturated rings. The SMILES string of the molecule is O=C(CCc1ccccc1F)NCC1CCS(=O)(=O)C1. The molecule has 1 aromatic carbocycles. The predicted molar refractivity (Wildman–Crippen MR) is 74.5 cm³/mol. The summed E-state index contributed by atoms with van der Waals surface area (Å²) < 4.78 is 35.9. The van der Waals surface area contributed by atoms with Crippen molar-refractivity contribution >= 4 is 15.7 Å². The molecule has 2 rings (SSSR count). The van der Waals surface area contributed by atoms with E-state index in [1.165, 1.54) is 6.07 Å². The zero-order valence-corrected chi connectivity index (χ0v) is 12.0. The van der Waals surface area contributed by atoms with Gasteiger partial charge < -0.3 is 5.32 Å². The Morgan fingerprint density at radius 1 is 1.35 bits per heavy atom. The van der Waals surface area contributed by atoms with Crippen LogP contribution in [-0.4, -0.2) is 32.4 Å². The van der Waals surface area contributed by atoms with E-state index in [4.69, 9.17) is 0 Å². The third kappa shape index (κ3) is 4.30. The number of halogens is 1. The van der Waals surface area contributed by atoms with E-state index in [2.05, 4.69) is 5.32 Å². The maximum Gasteiger partial charge on any atom is 0.220 e. The van der Waals surface area contributed by atoms with Gasteiger partial charge in [0.15, 0.2) is 9.84 Å². The van der Waals surface area contributed by atoms with Gasteiger partial charge >= 0.3 is 0 Å².